The van der Waals surface area contributed by atoms with Gasteiger partial charge in [-0.15, -0.1) is 0 Å². The van der Waals surface area contributed by atoms with Crippen molar-refractivity contribution in [3.8, 4) is 11.3 Å². The molecule has 0 spiro atoms. The first kappa shape index (κ1) is 22.5. The van der Waals surface area contributed by atoms with Gasteiger partial charge >= 0.3 is 5.97 Å². The van der Waals surface area contributed by atoms with Gasteiger partial charge in [-0.1, -0.05) is 11.6 Å². The number of carboxylic acids is 1. The van der Waals surface area contributed by atoms with E-state index in [0.29, 0.717) is 28.5 Å². The lowest BCUT2D eigenvalue weighted by Crippen LogP contribution is -2.21. The molecule has 3 aromatic rings. The molecule has 1 aromatic heterocycles. The zero-order valence-electron chi connectivity index (χ0n) is 17.0. The molecule has 33 heavy (non-hydrogen) atoms. The number of anilines is 1. The lowest BCUT2D eigenvalue weighted by molar-refractivity contribution is -0.114. The molecular formula is C22H16ClN3O6S. The molecular weight excluding hydrogens is 470 g/mol. The second-order valence-electron chi connectivity index (χ2n) is 7.10. The number of hydrazone groups is 1. The summed E-state index contributed by atoms with van der Waals surface area (Å²) in [6.07, 6.45) is 1.53. The van der Waals surface area contributed by atoms with Crippen molar-refractivity contribution in [3.63, 3.8) is 0 Å². The molecule has 3 N–H and O–H groups in total. The molecule has 0 radical (unpaired) electrons. The van der Waals surface area contributed by atoms with E-state index in [1.807, 2.05) is 0 Å². The maximum absolute atomic E-state index is 12.9. The van der Waals surface area contributed by atoms with Crippen LogP contribution in [0.2, 0.25) is 5.02 Å². The molecule has 0 bridgehead atoms. The number of carbonyl (C=O) groups is 2. The molecule has 0 fully saturated rings. The number of hydrogen-bond donors (Lipinski definition) is 2. The Morgan fingerprint density at radius 2 is 1.85 bits per heavy atom. The molecule has 0 aliphatic carbocycles. The molecule has 168 valence electrons. The summed E-state index contributed by atoms with van der Waals surface area (Å²) in [6.45, 7) is 1.66. The van der Waals surface area contributed by atoms with E-state index in [2.05, 4.69) is 5.10 Å². The minimum atomic E-state index is -3.85. The van der Waals surface area contributed by atoms with E-state index in [-0.39, 0.29) is 21.1 Å². The number of rotatable bonds is 5. The fourth-order valence-corrected chi connectivity index (χ4v) is 3.92. The Balaban J connectivity index is 1.60. The van der Waals surface area contributed by atoms with Crippen LogP contribution >= 0.6 is 11.6 Å². The molecule has 1 aliphatic rings. The topological polar surface area (TPSA) is 143 Å². The van der Waals surface area contributed by atoms with Crippen molar-refractivity contribution in [3.05, 3.63) is 76.5 Å². The number of sulfonamides is 1. The van der Waals surface area contributed by atoms with Crippen molar-refractivity contribution >= 4 is 51.0 Å². The predicted molar refractivity (Wildman–Crippen MR) is 123 cm³/mol. The van der Waals surface area contributed by atoms with E-state index in [0.717, 1.165) is 5.01 Å². The first-order valence-electron chi connectivity index (χ1n) is 9.42. The first-order valence-corrected chi connectivity index (χ1v) is 11.3. The molecule has 0 unspecified atom stereocenters. The molecule has 0 atom stereocenters. The minimum Gasteiger partial charge on any atom is -0.478 e. The van der Waals surface area contributed by atoms with Gasteiger partial charge in [0.25, 0.3) is 5.91 Å². The van der Waals surface area contributed by atoms with Crippen LogP contribution in [0.25, 0.3) is 17.4 Å². The Kier molecular flexibility index (Phi) is 5.66. The molecule has 0 saturated carbocycles. The van der Waals surface area contributed by atoms with Crippen LogP contribution in [0.3, 0.4) is 0 Å². The van der Waals surface area contributed by atoms with Crippen LogP contribution in [-0.4, -0.2) is 31.1 Å². The van der Waals surface area contributed by atoms with Gasteiger partial charge in [0.05, 0.1) is 32.5 Å². The van der Waals surface area contributed by atoms with E-state index >= 15 is 0 Å². The Morgan fingerprint density at radius 3 is 2.48 bits per heavy atom. The normalized spacial score (nSPS) is 15.2. The SMILES string of the molecule is CC1=NN(c2ccc(S(N)(=O)=O)cc2)C(=O)C1=Cc1ccc(-c2ccc(Cl)c(C(=O)O)c2)o1. The molecule has 1 aliphatic heterocycles. The standard InChI is InChI=1S/C22H16ClN3O6S/c1-12-17(21(27)26(25-12)14-3-6-16(7-4-14)33(24,30)31)11-15-5-9-20(32-15)13-2-8-19(23)18(10-13)22(28)29/h2-11H,1H3,(H,28,29)(H2,24,30,31). The average Bonchev–Trinajstić information content (AvgIpc) is 3.33. The molecule has 4 rings (SSSR count). The van der Waals surface area contributed by atoms with Gasteiger partial charge in [0.15, 0.2) is 0 Å². The largest absolute Gasteiger partial charge is 0.478 e. The smallest absolute Gasteiger partial charge is 0.337 e. The maximum atomic E-state index is 12.9. The van der Waals surface area contributed by atoms with Gasteiger partial charge in [0, 0.05) is 5.56 Å². The quantitative estimate of drug-likeness (QED) is 0.527. The van der Waals surface area contributed by atoms with Gasteiger partial charge in [0.1, 0.15) is 11.5 Å². The number of carbonyl (C=O) groups excluding carboxylic acids is 1. The minimum absolute atomic E-state index is 0.0523. The Morgan fingerprint density at radius 1 is 1.15 bits per heavy atom. The third kappa shape index (κ3) is 4.44. The van der Waals surface area contributed by atoms with Gasteiger partial charge in [-0.05, 0) is 67.6 Å². The highest BCUT2D eigenvalue weighted by molar-refractivity contribution is 7.89. The molecule has 9 nitrogen and oxygen atoms in total. The summed E-state index contributed by atoms with van der Waals surface area (Å²) in [7, 11) is -3.85. The Bertz CT molecular complexity index is 1460. The van der Waals surface area contributed by atoms with Crippen molar-refractivity contribution in [1.29, 1.82) is 0 Å². The number of furan rings is 1. The second kappa shape index (κ2) is 8.32. The first-order chi connectivity index (χ1) is 15.5. The summed E-state index contributed by atoms with van der Waals surface area (Å²) in [5.74, 6) is -0.817. The number of nitrogens with zero attached hydrogens (tertiary/aromatic N) is 2. The van der Waals surface area contributed by atoms with Crippen molar-refractivity contribution in [2.45, 2.75) is 11.8 Å². The van der Waals surface area contributed by atoms with Crippen molar-refractivity contribution in [2.24, 2.45) is 10.2 Å². The van der Waals surface area contributed by atoms with Crippen LogP contribution in [0.4, 0.5) is 5.69 Å². The van der Waals surface area contributed by atoms with E-state index in [1.165, 1.54) is 42.5 Å². The van der Waals surface area contributed by atoms with Crippen LogP contribution in [0.1, 0.15) is 23.0 Å². The van der Waals surface area contributed by atoms with Crippen molar-refractivity contribution in [1.82, 2.24) is 0 Å². The summed E-state index contributed by atoms with van der Waals surface area (Å²) < 4.78 is 28.6. The van der Waals surface area contributed by atoms with Crippen molar-refractivity contribution < 1.29 is 27.5 Å². The molecule has 1 amide bonds. The monoisotopic (exact) mass is 485 g/mol. The number of primary sulfonamides is 1. The predicted octanol–water partition coefficient (Wildman–Crippen LogP) is 3.75. The highest BCUT2D eigenvalue weighted by atomic mass is 35.5. The van der Waals surface area contributed by atoms with E-state index < -0.39 is 21.9 Å². The molecule has 11 heteroatoms. The highest BCUT2D eigenvalue weighted by Gasteiger charge is 2.29. The van der Waals surface area contributed by atoms with Crippen LogP contribution in [-0.2, 0) is 14.8 Å². The van der Waals surface area contributed by atoms with E-state index in [4.69, 9.17) is 21.2 Å². The number of hydrogen-bond acceptors (Lipinski definition) is 6. The average molecular weight is 486 g/mol. The number of nitrogens with two attached hydrogens (primary N) is 1. The van der Waals surface area contributed by atoms with Crippen LogP contribution < -0.4 is 10.1 Å². The maximum Gasteiger partial charge on any atom is 0.337 e. The third-order valence-corrected chi connectivity index (χ3v) is 6.13. The van der Waals surface area contributed by atoms with Gasteiger partial charge < -0.3 is 9.52 Å². The zero-order chi connectivity index (χ0) is 23.9. The molecule has 0 saturated heterocycles. The van der Waals surface area contributed by atoms with Gasteiger partial charge in [-0.2, -0.15) is 10.1 Å². The highest BCUT2D eigenvalue weighted by Crippen LogP contribution is 2.30. The lowest BCUT2D eigenvalue weighted by atomic mass is 10.1. The molecule has 2 aromatic carbocycles. The van der Waals surface area contributed by atoms with Crippen molar-refractivity contribution in [2.75, 3.05) is 5.01 Å². The van der Waals surface area contributed by atoms with E-state index in [1.54, 1.807) is 25.1 Å². The summed E-state index contributed by atoms with van der Waals surface area (Å²) >= 11 is 5.91. The van der Waals surface area contributed by atoms with Gasteiger partial charge in [0.2, 0.25) is 10.0 Å². The van der Waals surface area contributed by atoms with Crippen LogP contribution in [0.5, 0.6) is 0 Å². The zero-order valence-corrected chi connectivity index (χ0v) is 18.6. The fraction of sp³-hybridized carbons (Fsp3) is 0.0455. The summed E-state index contributed by atoms with van der Waals surface area (Å²) in [5.41, 5.74) is 1.56. The Hall–Kier alpha value is -3.73. The summed E-state index contributed by atoms with van der Waals surface area (Å²) in [4.78, 5) is 24.1. The number of carboxylic acid groups (broad SMARTS) is 1. The van der Waals surface area contributed by atoms with Crippen LogP contribution in [0, 0.1) is 0 Å². The van der Waals surface area contributed by atoms with Gasteiger partial charge in [-0.25, -0.2) is 18.4 Å². The molecule has 2 heterocycles. The number of aromatic carboxylic acids is 1. The lowest BCUT2D eigenvalue weighted by Gasteiger charge is -2.11. The number of amides is 1. The fourth-order valence-electron chi connectivity index (χ4n) is 3.21. The number of benzene rings is 2. The Labute approximate surface area is 193 Å². The van der Waals surface area contributed by atoms with Gasteiger partial charge in [-0.3, -0.25) is 4.79 Å². The van der Waals surface area contributed by atoms with Crippen LogP contribution in [0.15, 0.2) is 74.6 Å². The summed E-state index contributed by atoms with van der Waals surface area (Å²) in [6, 6.07) is 13.2. The second-order valence-corrected chi connectivity index (χ2v) is 9.07. The third-order valence-electron chi connectivity index (χ3n) is 4.87. The van der Waals surface area contributed by atoms with E-state index in [9.17, 15) is 23.1 Å². The number of halogens is 1. The summed E-state index contributed by atoms with van der Waals surface area (Å²) in [5, 5.41) is 19.9.